The first kappa shape index (κ1) is 22.6. The van der Waals surface area contributed by atoms with Gasteiger partial charge in [0.05, 0.1) is 6.20 Å². The number of nitrogens with zero attached hydrogens (tertiary/aromatic N) is 2. The molecule has 0 saturated heterocycles. The molecule has 5 heteroatoms. The van der Waals surface area contributed by atoms with Gasteiger partial charge < -0.3 is 20.6 Å². The average molecular weight is 345 g/mol. The highest BCUT2D eigenvalue weighted by Crippen LogP contribution is 2.13. The van der Waals surface area contributed by atoms with Gasteiger partial charge in [0.2, 0.25) is 0 Å². The smallest absolute Gasteiger partial charge is 0.137 e. The van der Waals surface area contributed by atoms with Crippen molar-refractivity contribution >= 4 is 6.21 Å². The molecule has 0 fully saturated rings. The minimum absolute atomic E-state index is 0.0925. The Bertz CT molecular complexity index is 594. The Balaban J connectivity index is 0.000000845. The van der Waals surface area contributed by atoms with Crippen molar-refractivity contribution in [1.29, 1.82) is 0 Å². The molecule has 1 unspecified atom stereocenters. The Morgan fingerprint density at radius 3 is 2.36 bits per heavy atom. The summed E-state index contributed by atoms with van der Waals surface area (Å²) in [5, 5.41) is 9.21. The van der Waals surface area contributed by atoms with E-state index in [1.165, 1.54) is 0 Å². The third-order valence-corrected chi connectivity index (χ3v) is 3.01. The van der Waals surface area contributed by atoms with Crippen LogP contribution in [0, 0.1) is 6.92 Å². The van der Waals surface area contributed by atoms with E-state index < -0.39 is 0 Å². The van der Waals surface area contributed by atoms with Crippen molar-refractivity contribution in [2.75, 3.05) is 13.7 Å². The molecule has 0 aliphatic carbocycles. The number of ether oxygens (including phenoxy) is 1. The molecule has 3 N–H and O–H groups in total. The van der Waals surface area contributed by atoms with Crippen LogP contribution in [-0.4, -0.2) is 36.0 Å². The molecule has 138 valence electrons. The molecule has 0 bridgehead atoms. The molecular formula is C20H31N3O2. The summed E-state index contributed by atoms with van der Waals surface area (Å²) >= 11 is 0. The van der Waals surface area contributed by atoms with Crippen LogP contribution < -0.4 is 10.5 Å². The van der Waals surface area contributed by atoms with Crippen molar-refractivity contribution in [2.45, 2.75) is 40.2 Å². The predicted octanol–water partition coefficient (Wildman–Crippen LogP) is 3.78. The van der Waals surface area contributed by atoms with Crippen LogP contribution in [-0.2, 0) is 6.42 Å². The first-order valence-corrected chi connectivity index (χ1v) is 8.50. The fourth-order valence-electron chi connectivity index (χ4n) is 1.80. The van der Waals surface area contributed by atoms with Gasteiger partial charge in [-0.2, -0.15) is 0 Å². The monoisotopic (exact) mass is 345 g/mol. The van der Waals surface area contributed by atoms with Crippen molar-refractivity contribution < 1.29 is 9.84 Å². The highest BCUT2D eigenvalue weighted by Gasteiger charge is 2.06. The predicted molar refractivity (Wildman–Crippen MR) is 106 cm³/mol. The lowest BCUT2D eigenvalue weighted by atomic mass is 10.1. The van der Waals surface area contributed by atoms with Crippen molar-refractivity contribution in [3.8, 4) is 11.5 Å². The number of aryl methyl sites for hydroxylation is 1. The van der Waals surface area contributed by atoms with Crippen LogP contribution in [0.2, 0.25) is 0 Å². The Labute approximate surface area is 151 Å². The molecule has 1 heterocycles. The number of phenols is 1. The van der Waals surface area contributed by atoms with Crippen molar-refractivity contribution in [1.82, 2.24) is 4.98 Å². The zero-order valence-electron chi connectivity index (χ0n) is 15.9. The van der Waals surface area contributed by atoms with E-state index in [2.05, 4.69) is 9.98 Å². The van der Waals surface area contributed by atoms with Crippen LogP contribution >= 0.6 is 0 Å². The molecule has 2 aromatic rings. The average Bonchev–Trinajstić information content (AvgIpc) is 2.64. The lowest BCUT2D eigenvalue weighted by Crippen LogP contribution is -2.30. The van der Waals surface area contributed by atoms with Gasteiger partial charge in [0, 0.05) is 19.3 Å². The van der Waals surface area contributed by atoms with Crippen LogP contribution in [0.25, 0.3) is 0 Å². The van der Waals surface area contributed by atoms with E-state index in [9.17, 15) is 5.11 Å². The lowest BCUT2D eigenvalue weighted by Gasteiger charge is -2.13. The van der Waals surface area contributed by atoms with Crippen molar-refractivity contribution in [3.05, 3.63) is 53.9 Å². The van der Waals surface area contributed by atoms with E-state index in [4.69, 9.17) is 10.5 Å². The van der Waals surface area contributed by atoms with E-state index in [0.29, 0.717) is 13.0 Å². The van der Waals surface area contributed by atoms with Crippen LogP contribution in [0.1, 0.15) is 31.9 Å². The molecule has 5 nitrogen and oxygen atoms in total. The largest absolute Gasteiger partial charge is 0.508 e. The first-order chi connectivity index (χ1) is 12.0. The number of aromatic hydroxyl groups is 1. The lowest BCUT2D eigenvalue weighted by molar-refractivity contribution is 0.286. The van der Waals surface area contributed by atoms with Crippen LogP contribution in [0.5, 0.6) is 11.5 Å². The molecule has 1 aromatic heterocycles. The van der Waals surface area contributed by atoms with Gasteiger partial charge >= 0.3 is 0 Å². The van der Waals surface area contributed by atoms with E-state index in [1.54, 1.807) is 37.8 Å². The highest BCUT2D eigenvalue weighted by atomic mass is 16.5. The first-order valence-electron chi connectivity index (χ1n) is 8.50. The second kappa shape index (κ2) is 14.0. The van der Waals surface area contributed by atoms with Gasteiger partial charge in [-0.1, -0.05) is 26.0 Å². The van der Waals surface area contributed by atoms with Gasteiger partial charge in [-0.05, 0) is 55.8 Å². The number of hydrogen-bond donors (Lipinski definition) is 2. The fraction of sp³-hybridized carbons (Fsp3) is 0.400. The highest BCUT2D eigenvalue weighted by molar-refractivity contribution is 5.52. The molecule has 25 heavy (non-hydrogen) atoms. The SMILES string of the molecule is CC.CC=NC.Cc1cncc(OCC(N)Cc2ccc(O)cc2)c1. The maximum absolute atomic E-state index is 9.21. The quantitative estimate of drug-likeness (QED) is 0.808. The number of nitrogens with two attached hydrogens (primary N) is 1. The van der Waals surface area contributed by atoms with Crippen molar-refractivity contribution in [3.63, 3.8) is 0 Å². The second-order valence-electron chi connectivity index (χ2n) is 5.16. The van der Waals surface area contributed by atoms with Gasteiger partial charge in [0.1, 0.15) is 18.1 Å². The van der Waals surface area contributed by atoms with Crippen molar-refractivity contribution in [2.24, 2.45) is 10.7 Å². The van der Waals surface area contributed by atoms with Gasteiger partial charge in [0.25, 0.3) is 0 Å². The minimum atomic E-state index is -0.0925. The Hall–Kier alpha value is -2.40. The number of hydrogen-bond acceptors (Lipinski definition) is 5. The second-order valence-corrected chi connectivity index (χ2v) is 5.16. The van der Waals surface area contributed by atoms with E-state index in [0.717, 1.165) is 16.9 Å². The summed E-state index contributed by atoms with van der Waals surface area (Å²) in [4.78, 5) is 7.67. The summed E-state index contributed by atoms with van der Waals surface area (Å²) in [5.74, 6) is 1.00. The molecule has 0 aliphatic heterocycles. The summed E-state index contributed by atoms with van der Waals surface area (Å²) in [6.07, 6.45) is 5.92. The molecule has 1 aromatic carbocycles. The summed E-state index contributed by atoms with van der Waals surface area (Å²) in [5.41, 5.74) is 8.16. The Morgan fingerprint density at radius 2 is 1.84 bits per heavy atom. The zero-order valence-corrected chi connectivity index (χ0v) is 15.9. The normalized spacial score (nSPS) is 11.0. The van der Waals surface area contributed by atoms with Crippen LogP contribution in [0.15, 0.2) is 47.7 Å². The topological polar surface area (TPSA) is 80.7 Å². The summed E-state index contributed by atoms with van der Waals surface area (Å²) in [6, 6.07) is 8.89. The number of aromatic nitrogens is 1. The van der Waals surface area contributed by atoms with Crippen LogP contribution in [0.3, 0.4) is 0 Å². The summed E-state index contributed by atoms with van der Waals surface area (Å²) in [7, 11) is 1.75. The Kier molecular flexibility index (Phi) is 12.6. The third-order valence-electron chi connectivity index (χ3n) is 3.01. The third kappa shape index (κ3) is 10.9. The minimum Gasteiger partial charge on any atom is -0.508 e. The van der Waals surface area contributed by atoms with Crippen LogP contribution in [0.4, 0.5) is 0 Å². The molecule has 0 aliphatic rings. The molecule has 0 saturated carbocycles. The molecule has 1 atom stereocenters. The Morgan fingerprint density at radius 1 is 1.24 bits per heavy atom. The summed E-state index contributed by atoms with van der Waals surface area (Å²) in [6.45, 7) is 8.29. The van der Waals surface area contributed by atoms with Gasteiger partial charge in [-0.25, -0.2) is 0 Å². The molecular weight excluding hydrogens is 314 g/mol. The maximum Gasteiger partial charge on any atom is 0.137 e. The van der Waals surface area contributed by atoms with Gasteiger partial charge in [-0.15, -0.1) is 0 Å². The number of benzene rings is 1. The van der Waals surface area contributed by atoms with Gasteiger partial charge in [-0.3, -0.25) is 4.98 Å². The number of rotatable bonds is 5. The molecule has 0 amide bonds. The number of aliphatic imine (C=N–C) groups is 1. The fourth-order valence-corrected chi connectivity index (χ4v) is 1.80. The van der Waals surface area contributed by atoms with E-state index >= 15 is 0 Å². The molecule has 0 spiro atoms. The standard InChI is InChI=1S/C15H18N2O2.C3H7N.C2H6/c1-11-6-15(9-17-8-11)19-10-13(16)7-12-2-4-14(18)5-3-12;1-3-4-2;1-2/h2-6,8-9,13,18H,7,10,16H2,1H3;3H,1-2H3;1-2H3. The molecule has 2 rings (SSSR count). The number of pyridine rings is 1. The molecule has 0 radical (unpaired) electrons. The zero-order chi connectivity index (χ0) is 19.1. The number of phenolic OH excluding ortho intramolecular Hbond substituents is 1. The van der Waals surface area contributed by atoms with E-state index in [-0.39, 0.29) is 11.8 Å². The van der Waals surface area contributed by atoms with E-state index in [1.807, 2.05) is 45.9 Å². The maximum atomic E-state index is 9.21. The van der Waals surface area contributed by atoms with Gasteiger partial charge in [0.15, 0.2) is 0 Å². The summed E-state index contributed by atoms with van der Waals surface area (Å²) < 4.78 is 5.61.